The molecule has 0 nitrogen and oxygen atoms in total. The number of rotatable bonds is 37. The first-order chi connectivity index (χ1) is 42.6. The molecule has 37 unspecified atom stereocenters. The van der Waals surface area contributed by atoms with Gasteiger partial charge in [-0.25, -0.2) is 0 Å². The maximum atomic E-state index is 2.84. The molecule has 0 saturated heterocycles. The Labute approximate surface area is 545 Å². The Morgan fingerprint density at radius 1 is 0.455 bits per heavy atom. The molecule has 0 radical (unpaired) electrons. The SMILES string of the molecule is CCCCC(CCC1CC1C1CC1C1CC1C1CC1C1(CC(C)(CCC)CC(CCC)C(C)C)CC1C1CC1C1CC1)(C1CCC1C)C1CC1C1CC1(CC(C)CC1CCC(CC2C(C)C2C)CC1CC)C1CC1C1CC1C1CC1C1CC1C1CC1CC. The van der Waals surface area contributed by atoms with E-state index in [0.29, 0.717) is 10.8 Å². The van der Waals surface area contributed by atoms with Crippen molar-refractivity contribution >= 4 is 0 Å². The lowest BCUT2D eigenvalue weighted by atomic mass is 9.54. The Balaban J connectivity index is 0.539. The van der Waals surface area contributed by atoms with E-state index in [1.165, 1.54) is 99.2 Å². The number of hydrogen-bond acceptors (Lipinski definition) is 0. The van der Waals surface area contributed by atoms with Crippen molar-refractivity contribution in [2.45, 2.75) is 314 Å². The van der Waals surface area contributed by atoms with Crippen LogP contribution in [0, 0.1) is 235 Å². The van der Waals surface area contributed by atoms with Gasteiger partial charge in [0.25, 0.3) is 0 Å². The van der Waals surface area contributed by atoms with Crippen LogP contribution >= 0.6 is 0 Å². The van der Waals surface area contributed by atoms with Crippen molar-refractivity contribution in [1.82, 2.24) is 0 Å². The van der Waals surface area contributed by atoms with Crippen LogP contribution in [0.25, 0.3) is 0 Å². The summed E-state index contributed by atoms with van der Waals surface area (Å²) in [6.07, 6.45) is 57.2. The van der Waals surface area contributed by atoms with Gasteiger partial charge < -0.3 is 0 Å². The Bertz CT molecular complexity index is 2470. The van der Waals surface area contributed by atoms with Crippen LogP contribution in [0.15, 0.2) is 0 Å². The van der Waals surface area contributed by atoms with Gasteiger partial charge in [0.1, 0.15) is 0 Å². The van der Waals surface area contributed by atoms with Gasteiger partial charge in [-0.3, -0.25) is 0 Å². The van der Waals surface area contributed by atoms with Crippen molar-refractivity contribution in [2.24, 2.45) is 235 Å². The molecule has 496 valence electrons. The molecule has 0 aromatic carbocycles. The molecule has 17 aliphatic rings. The topological polar surface area (TPSA) is 0 Å². The van der Waals surface area contributed by atoms with Crippen LogP contribution in [0.3, 0.4) is 0 Å². The Hall–Kier alpha value is 0. The third-order valence-electron chi connectivity index (χ3n) is 36.2. The Morgan fingerprint density at radius 2 is 1.03 bits per heavy atom. The molecule has 17 aliphatic carbocycles. The second-order valence-electron chi connectivity index (χ2n) is 41.6. The minimum absolute atomic E-state index is 0.569. The molecule has 0 heteroatoms. The van der Waals surface area contributed by atoms with E-state index >= 15 is 0 Å². The fourth-order valence-corrected chi connectivity index (χ4v) is 29.9. The molecule has 0 bridgehead atoms. The van der Waals surface area contributed by atoms with Crippen LogP contribution in [-0.2, 0) is 0 Å². The van der Waals surface area contributed by atoms with E-state index in [0.717, 1.165) is 182 Å². The summed E-state index contributed by atoms with van der Waals surface area (Å²) in [6.45, 7) is 31.3. The first kappa shape index (κ1) is 61.6. The fourth-order valence-electron chi connectivity index (χ4n) is 29.9. The zero-order chi connectivity index (χ0) is 60.2. The van der Waals surface area contributed by atoms with Gasteiger partial charge in [0.05, 0.1) is 0 Å². The zero-order valence-electron chi connectivity index (χ0n) is 60.2. The summed E-state index contributed by atoms with van der Waals surface area (Å²) in [5.41, 5.74) is 2.77. The molecule has 88 heavy (non-hydrogen) atoms. The highest BCUT2D eigenvalue weighted by Gasteiger charge is 2.77. The molecule has 0 heterocycles. The summed E-state index contributed by atoms with van der Waals surface area (Å²) < 4.78 is 0. The number of unbranched alkanes of at least 4 members (excludes halogenated alkanes) is 1. The van der Waals surface area contributed by atoms with Gasteiger partial charge in [-0.05, 0) is 408 Å². The average molecular weight is 1200 g/mol. The fraction of sp³-hybridized carbons (Fsp3) is 1.00. The standard InChI is InChI=1S/C88H144/c1-13-18-28-86(79-25-20-51(79)9,29-26-59-34-63(59)66-37-68(66)71-39-74(71)77-42-81(77)88(47-83(88)75-35-64(75)57-23-24-57)48-85(12,27-15-3)45-60(19-14-2)49(6)7)82-43-78(82)84-46-87(84,44-50(8)30-58-22-21-54(31-55(58)16-4)32-61-52(10)53(61)11)80-41-76(80)73-40-72(73)70-38-69(70)67-36-65(67)62-33-56(62)17-5/h49-84H,13-48H2,1-12H3. The maximum absolute atomic E-state index is 2.84. The summed E-state index contributed by atoms with van der Waals surface area (Å²) in [4.78, 5) is 0. The Morgan fingerprint density at radius 3 is 1.59 bits per heavy atom. The average Bonchev–Trinajstić information content (AvgIpc) is 1.51. The van der Waals surface area contributed by atoms with Crippen molar-refractivity contribution in [1.29, 1.82) is 0 Å². The van der Waals surface area contributed by atoms with Crippen LogP contribution in [0.1, 0.15) is 314 Å². The molecule has 0 amide bonds. The zero-order valence-corrected chi connectivity index (χ0v) is 60.2. The highest BCUT2D eigenvalue weighted by atomic mass is 14.8. The molecule has 37 atom stereocenters. The lowest BCUT2D eigenvalue weighted by Gasteiger charge is -2.51. The molecule has 0 N–H and O–H groups in total. The van der Waals surface area contributed by atoms with E-state index in [2.05, 4.69) is 83.1 Å². The van der Waals surface area contributed by atoms with E-state index in [1.54, 1.807) is 173 Å². The molecule has 0 aromatic rings. The van der Waals surface area contributed by atoms with Gasteiger partial charge in [-0.1, -0.05) is 141 Å². The van der Waals surface area contributed by atoms with Crippen LogP contribution in [0.2, 0.25) is 0 Å². The number of hydrogen-bond donors (Lipinski definition) is 0. The van der Waals surface area contributed by atoms with E-state index in [-0.39, 0.29) is 0 Å². The smallest absolute Gasteiger partial charge is 0.0227 e. The van der Waals surface area contributed by atoms with Crippen molar-refractivity contribution < 1.29 is 0 Å². The highest BCUT2D eigenvalue weighted by Crippen LogP contribution is 2.85. The molecular formula is C88H144. The lowest BCUT2D eigenvalue weighted by molar-refractivity contribution is -0.0186. The second-order valence-corrected chi connectivity index (χ2v) is 41.6. The third-order valence-corrected chi connectivity index (χ3v) is 36.2. The third kappa shape index (κ3) is 11.4. The highest BCUT2D eigenvalue weighted by molar-refractivity contribution is 5.26. The molecular weight excluding hydrogens is 1060 g/mol. The maximum Gasteiger partial charge on any atom is -0.0227 e. The predicted molar refractivity (Wildman–Crippen MR) is 370 cm³/mol. The minimum Gasteiger partial charge on any atom is -0.0654 e. The van der Waals surface area contributed by atoms with Crippen LogP contribution in [-0.4, -0.2) is 0 Å². The summed E-state index contributed by atoms with van der Waals surface area (Å²) in [7, 11) is 0. The summed E-state index contributed by atoms with van der Waals surface area (Å²) in [5.74, 6) is 39.7. The molecule has 0 spiro atoms. The van der Waals surface area contributed by atoms with Gasteiger partial charge in [0.15, 0.2) is 0 Å². The van der Waals surface area contributed by atoms with Gasteiger partial charge in [-0.2, -0.15) is 0 Å². The predicted octanol–water partition coefficient (Wildman–Crippen LogP) is 24.6. The van der Waals surface area contributed by atoms with Gasteiger partial charge in [0, 0.05) is 0 Å². The van der Waals surface area contributed by atoms with Crippen LogP contribution < -0.4 is 0 Å². The first-order valence-electron chi connectivity index (χ1n) is 42.6. The quantitative estimate of drug-likeness (QED) is 0.0582. The van der Waals surface area contributed by atoms with E-state index < -0.39 is 0 Å². The van der Waals surface area contributed by atoms with E-state index in [4.69, 9.17) is 0 Å². The summed E-state index contributed by atoms with van der Waals surface area (Å²) in [6, 6.07) is 0. The van der Waals surface area contributed by atoms with Gasteiger partial charge >= 0.3 is 0 Å². The molecule has 17 fully saturated rings. The van der Waals surface area contributed by atoms with Crippen LogP contribution in [0.4, 0.5) is 0 Å². The van der Waals surface area contributed by atoms with E-state index in [1.807, 2.05) is 0 Å². The molecule has 0 aromatic heterocycles. The molecule has 17 saturated carbocycles. The van der Waals surface area contributed by atoms with E-state index in [9.17, 15) is 0 Å². The summed E-state index contributed by atoms with van der Waals surface area (Å²) in [5, 5.41) is 0. The second kappa shape index (κ2) is 22.8. The lowest BCUT2D eigenvalue weighted by Crippen LogP contribution is -2.43. The summed E-state index contributed by atoms with van der Waals surface area (Å²) >= 11 is 0. The Kier molecular flexibility index (Phi) is 16.0. The van der Waals surface area contributed by atoms with Crippen molar-refractivity contribution in [3.8, 4) is 0 Å². The van der Waals surface area contributed by atoms with Crippen molar-refractivity contribution in [3.05, 3.63) is 0 Å². The van der Waals surface area contributed by atoms with Crippen molar-refractivity contribution in [3.63, 3.8) is 0 Å². The largest absolute Gasteiger partial charge is 0.0654 e. The molecule has 0 aliphatic heterocycles. The normalized spacial score (nSPS) is 56.0. The molecule has 17 rings (SSSR count). The first-order valence-corrected chi connectivity index (χ1v) is 42.6. The van der Waals surface area contributed by atoms with Crippen molar-refractivity contribution in [2.75, 3.05) is 0 Å². The van der Waals surface area contributed by atoms with Gasteiger partial charge in [-0.15, -0.1) is 0 Å². The minimum atomic E-state index is 0.569. The monoisotopic (exact) mass is 1200 g/mol. The van der Waals surface area contributed by atoms with Crippen LogP contribution in [0.5, 0.6) is 0 Å². The van der Waals surface area contributed by atoms with Gasteiger partial charge in [0.2, 0.25) is 0 Å².